The second-order valence-corrected chi connectivity index (χ2v) is 5.66. The van der Waals surface area contributed by atoms with E-state index in [2.05, 4.69) is 15.6 Å². The minimum atomic E-state index is -0.400. The second kappa shape index (κ2) is 7.57. The number of benzene rings is 2. The Bertz CT molecular complexity index is 973. The lowest BCUT2D eigenvalue weighted by atomic mass is 10.1. The van der Waals surface area contributed by atoms with Crippen molar-refractivity contribution in [3.63, 3.8) is 0 Å². The molecule has 1 heterocycles. The molecule has 1 amide bonds. The lowest BCUT2D eigenvalue weighted by Crippen LogP contribution is -2.13. The predicted molar refractivity (Wildman–Crippen MR) is 98.3 cm³/mol. The summed E-state index contributed by atoms with van der Waals surface area (Å²) < 4.78 is 13.7. The zero-order chi connectivity index (χ0) is 18.5. The van der Waals surface area contributed by atoms with Gasteiger partial charge in [0.25, 0.3) is 5.91 Å². The molecule has 0 radical (unpaired) electrons. The van der Waals surface area contributed by atoms with E-state index in [0.717, 1.165) is 0 Å². The van der Waals surface area contributed by atoms with Gasteiger partial charge in [-0.3, -0.25) is 14.6 Å². The van der Waals surface area contributed by atoms with Crippen LogP contribution in [0.4, 0.5) is 21.5 Å². The Kier molecular flexibility index (Phi) is 5.03. The number of carbonyl (C=O) groups excluding carboxylic acids is 2. The molecule has 130 valence electrons. The van der Waals surface area contributed by atoms with Gasteiger partial charge in [-0.15, -0.1) is 0 Å². The van der Waals surface area contributed by atoms with Crippen LogP contribution in [0.5, 0.6) is 0 Å². The number of rotatable bonds is 5. The molecular formula is C20H16FN3O2. The maximum atomic E-state index is 13.7. The first-order chi connectivity index (χ1) is 12.5. The quantitative estimate of drug-likeness (QED) is 0.669. The summed E-state index contributed by atoms with van der Waals surface area (Å²) in [5.41, 5.74) is 2.10. The fourth-order valence-corrected chi connectivity index (χ4v) is 2.37. The summed E-state index contributed by atoms with van der Waals surface area (Å²) in [4.78, 5) is 27.9. The number of anilines is 3. The van der Waals surface area contributed by atoms with E-state index in [4.69, 9.17) is 0 Å². The van der Waals surface area contributed by atoms with Gasteiger partial charge in [-0.1, -0.05) is 24.3 Å². The van der Waals surface area contributed by atoms with Gasteiger partial charge >= 0.3 is 0 Å². The molecule has 1 aromatic heterocycles. The van der Waals surface area contributed by atoms with E-state index in [0.29, 0.717) is 28.2 Å². The normalized spacial score (nSPS) is 10.2. The summed E-state index contributed by atoms with van der Waals surface area (Å²) in [6.45, 7) is 1.46. The zero-order valence-electron chi connectivity index (χ0n) is 14.0. The molecule has 3 rings (SSSR count). The van der Waals surface area contributed by atoms with E-state index in [1.54, 1.807) is 48.5 Å². The Labute approximate surface area is 149 Å². The highest BCUT2D eigenvalue weighted by Gasteiger charge is 2.10. The van der Waals surface area contributed by atoms with E-state index in [9.17, 15) is 14.0 Å². The number of halogens is 1. The highest BCUT2D eigenvalue weighted by atomic mass is 19.1. The number of hydrogen-bond acceptors (Lipinski definition) is 4. The average molecular weight is 349 g/mol. The first-order valence-electron chi connectivity index (χ1n) is 7.92. The van der Waals surface area contributed by atoms with Crippen molar-refractivity contribution >= 4 is 28.8 Å². The molecule has 5 nitrogen and oxygen atoms in total. The summed E-state index contributed by atoms with van der Waals surface area (Å²) >= 11 is 0. The van der Waals surface area contributed by atoms with Crippen molar-refractivity contribution in [2.24, 2.45) is 0 Å². The van der Waals surface area contributed by atoms with Gasteiger partial charge in [-0.05, 0) is 37.3 Å². The number of para-hydroxylation sites is 1. The number of nitrogens with one attached hydrogen (secondary N) is 2. The average Bonchev–Trinajstić information content (AvgIpc) is 2.64. The number of ketones is 1. The summed E-state index contributed by atoms with van der Waals surface area (Å²) in [7, 11) is 0. The van der Waals surface area contributed by atoms with Crippen molar-refractivity contribution in [3.05, 3.63) is 83.9 Å². The molecule has 6 heteroatoms. The zero-order valence-corrected chi connectivity index (χ0v) is 14.0. The number of aromatic nitrogens is 1. The standard InChI is InChI=1S/C20H16FN3O2/c1-13(25)14-5-4-6-16(9-14)24-20(26)15-10-17(12-22-11-15)23-19-8-3-2-7-18(19)21/h2-12,23H,1H3,(H,24,26). The number of carbonyl (C=O) groups is 2. The van der Waals surface area contributed by atoms with Crippen LogP contribution in [-0.2, 0) is 0 Å². The third-order valence-corrected chi connectivity index (χ3v) is 3.68. The SMILES string of the molecule is CC(=O)c1cccc(NC(=O)c2cncc(Nc3ccccc3F)c2)c1. The van der Waals surface area contributed by atoms with E-state index in [-0.39, 0.29) is 11.7 Å². The molecule has 0 spiro atoms. The molecule has 26 heavy (non-hydrogen) atoms. The molecule has 0 unspecified atom stereocenters. The predicted octanol–water partition coefficient (Wildman–Crippen LogP) is 4.42. The highest BCUT2D eigenvalue weighted by Crippen LogP contribution is 2.20. The summed E-state index contributed by atoms with van der Waals surface area (Å²) in [6, 6.07) is 14.5. The summed E-state index contributed by atoms with van der Waals surface area (Å²) in [5, 5.41) is 5.62. The van der Waals surface area contributed by atoms with Gasteiger partial charge in [0.1, 0.15) is 5.82 Å². The van der Waals surface area contributed by atoms with Crippen LogP contribution in [0, 0.1) is 5.82 Å². The first kappa shape index (κ1) is 17.3. The smallest absolute Gasteiger partial charge is 0.257 e. The lowest BCUT2D eigenvalue weighted by molar-refractivity contribution is 0.101. The van der Waals surface area contributed by atoms with Crippen molar-refractivity contribution in [3.8, 4) is 0 Å². The van der Waals surface area contributed by atoms with Gasteiger partial charge < -0.3 is 10.6 Å². The first-order valence-corrected chi connectivity index (χ1v) is 7.92. The van der Waals surface area contributed by atoms with E-state index in [1.165, 1.54) is 25.4 Å². The van der Waals surface area contributed by atoms with E-state index >= 15 is 0 Å². The molecule has 0 aliphatic carbocycles. The van der Waals surface area contributed by atoms with Crippen molar-refractivity contribution in [1.29, 1.82) is 0 Å². The monoisotopic (exact) mass is 349 g/mol. The topological polar surface area (TPSA) is 71.1 Å². The molecule has 2 aromatic carbocycles. The molecule has 0 aliphatic heterocycles. The van der Waals surface area contributed by atoms with Gasteiger partial charge in [-0.25, -0.2) is 4.39 Å². The van der Waals surface area contributed by atoms with Crippen LogP contribution in [0.2, 0.25) is 0 Å². The van der Waals surface area contributed by atoms with Crippen molar-refractivity contribution in [2.75, 3.05) is 10.6 Å². The Balaban J connectivity index is 1.77. The van der Waals surface area contributed by atoms with Crippen LogP contribution in [-0.4, -0.2) is 16.7 Å². The fraction of sp³-hybridized carbons (Fsp3) is 0.0500. The van der Waals surface area contributed by atoms with Crippen LogP contribution in [0.1, 0.15) is 27.6 Å². The molecule has 3 aromatic rings. The van der Waals surface area contributed by atoms with Crippen LogP contribution in [0.3, 0.4) is 0 Å². The third-order valence-electron chi connectivity index (χ3n) is 3.68. The van der Waals surface area contributed by atoms with Gasteiger partial charge in [0.15, 0.2) is 5.78 Å². The number of amides is 1. The van der Waals surface area contributed by atoms with Crippen LogP contribution >= 0.6 is 0 Å². The maximum Gasteiger partial charge on any atom is 0.257 e. The van der Waals surface area contributed by atoms with Crippen molar-refractivity contribution in [2.45, 2.75) is 6.92 Å². The second-order valence-electron chi connectivity index (χ2n) is 5.66. The van der Waals surface area contributed by atoms with Gasteiger partial charge in [-0.2, -0.15) is 0 Å². The molecule has 0 fully saturated rings. The largest absolute Gasteiger partial charge is 0.352 e. The number of pyridine rings is 1. The van der Waals surface area contributed by atoms with Crippen LogP contribution < -0.4 is 10.6 Å². The molecular weight excluding hydrogens is 333 g/mol. The Hall–Kier alpha value is -3.54. The molecule has 0 bridgehead atoms. The number of hydrogen-bond donors (Lipinski definition) is 2. The molecule has 0 atom stereocenters. The van der Waals surface area contributed by atoms with Crippen LogP contribution in [0.15, 0.2) is 67.0 Å². The summed E-state index contributed by atoms with van der Waals surface area (Å²) in [5.74, 6) is -0.863. The Morgan fingerprint density at radius 3 is 2.46 bits per heavy atom. The minimum absolute atomic E-state index is 0.0844. The van der Waals surface area contributed by atoms with Crippen molar-refractivity contribution < 1.29 is 14.0 Å². The fourth-order valence-electron chi connectivity index (χ4n) is 2.37. The number of nitrogens with zero attached hydrogens (tertiary/aromatic N) is 1. The van der Waals surface area contributed by atoms with Crippen LogP contribution in [0.25, 0.3) is 0 Å². The Morgan fingerprint density at radius 1 is 0.923 bits per heavy atom. The lowest BCUT2D eigenvalue weighted by Gasteiger charge is -2.09. The van der Waals surface area contributed by atoms with E-state index < -0.39 is 5.82 Å². The van der Waals surface area contributed by atoms with Gasteiger partial charge in [0.2, 0.25) is 0 Å². The molecule has 0 saturated carbocycles. The van der Waals surface area contributed by atoms with Gasteiger partial charge in [0.05, 0.1) is 23.1 Å². The van der Waals surface area contributed by atoms with E-state index in [1.807, 2.05) is 0 Å². The molecule has 0 aliphatic rings. The summed E-state index contributed by atoms with van der Waals surface area (Å²) in [6.07, 6.45) is 2.91. The van der Waals surface area contributed by atoms with Crippen molar-refractivity contribution in [1.82, 2.24) is 4.98 Å². The number of Topliss-reactive ketones (excluding diaryl/α,β-unsaturated/α-hetero) is 1. The maximum absolute atomic E-state index is 13.7. The highest BCUT2D eigenvalue weighted by molar-refractivity contribution is 6.05. The molecule has 2 N–H and O–H groups in total. The third kappa shape index (κ3) is 4.10. The minimum Gasteiger partial charge on any atom is -0.352 e. The Morgan fingerprint density at radius 2 is 1.69 bits per heavy atom. The van der Waals surface area contributed by atoms with Gasteiger partial charge in [0, 0.05) is 17.4 Å². The molecule has 0 saturated heterocycles.